The third kappa shape index (κ3) is 4.90. The molecule has 2 heterocycles. The largest absolute Gasteiger partial charge is 0.496 e. The predicted octanol–water partition coefficient (Wildman–Crippen LogP) is 2.65. The number of fused-ring (bicyclic) bond motifs is 2. The molecule has 11 heteroatoms. The topological polar surface area (TPSA) is 120 Å². The number of carbonyl (C=O) groups is 2. The van der Waals surface area contributed by atoms with E-state index in [0.717, 1.165) is 11.1 Å². The van der Waals surface area contributed by atoms with Gasteiger partial charge in [-0.2, -0.15) is 0 Å². The Hall–Kier alpha value is -4.25. The molecule has 0 atom stereocenters. The molecule has 0 radical (unpaired) electrons. The van der Waals surface area contributed by atoms with Gasteiger partial charge in [0.15, 0.2) is 18.1 Å². The standard InChI is InChI=1S/C26H24N2O8S/c1-33-22-9-7-19(37(31,32)28-11-10-18-4-2-3-5-21(18)28)13-20(22)26(30)34-15-25(29)27-14-17-6-8-23-24(12-17)36-16-35-23/h2-9,12-13H,10-11,14-16H2,1H3,(H,27,29). The number of para-hydroxylation sites is 1. The zero-order valence-corrected chi connectivity index (χ0v) is 20.7. The zero-order valence-electron chi connectivity index (χ0n) is 19.9. The Morgan fingerprint density at radius 1 is 1.03 bits per heavy atom. The van der Waals surface area contributed by atoms with Gasteiger partial charge in [-0.05, 0) is 53.9 Å². The second kappa shape index (κ2) is 10.0. The predicted molar refractivity (Wildman–Crippen MR) is 132 cm³/mol. The van der Waals surface area contributed by atoms with Crippen LogP contribution in [0, 0.1) is 0 Å². The van der Waals surface area contributed by atoms with E-state index in [1.165, 1.54) is 29.6 Å². The van der Waals surface area contributed by atoms with Crippen molar-refractivity contribution in [3.63, 3.8) is 0 Å². The fourth-order valence-electron chi connectivity index (χ4n) is 4.20. The van der Waals surface area contributed by atoms with Gasteiger partial charge in [0.25, 0.3) is 15.9 Å². The molecular weight excluding hydrogens is 500 g/mol. The minimum absolute atomic E-state index is 0.0794. The Kier molecular flexibility index (Phi) is 6.62. The first-order chi connectivity index (χ1) is 17.9. The number of rotatable bonds is 8. The summed E-state index contributed by atoms with van der Waals surface area (Å²) in [6.07, 6.45) is 0.599. The molecule has 0 aliphatic carbocycles. The lowest BCUT2D eigenvalue weighted by Gasteiger charge is -2.20. The van der Waals surface area contributed by atoms with Gasteiger partial charge < -0.3 is 24.3 Å². The molecule has 0 spiro atoms. The first kappa shape index (κ1) is 24.4. The highest BCUT2D eigenvalue weighted by molar-refractivity contribution is 7.92. The van der Waals surface area contributed by atoms with Crippen LogP contribution in [0.15, 0.2) is 65.6 Å². The molecule has 0 aromatic heterocycles. The highest BCUT2D eigenvalue weighted by Gasteiger charge is 2.32. The number of hydrogen-bond donors (Lipinski definition) is 1. The van der Waals surface area contributed by atoms with E-state index in [4.69, 9.17) is 18.9 Å². The molecule has 2 aliphatic heterocycles. The van der Waals surface area contributed by atoms with Crippen molar-refractivity contribution in [3.8, 4) is 17.2 Å². The minimum Gasteiger partial charge on any atom is -0.496 e. The summed E-state index contributed by atoms with van der Waals surface area (Å²) < 4.78 is 49.1. The van der Waals surface area contributed by atoms with E-state index in [-0.39, 0.29) is 29.5 Å². The third-order valence-electron chi connectivity index (χ3n) is 6.08. The number of benzene rings is 3. The highest BCUT2D eigenvalue weighted by atomic mass is 32.2. The van der Waals surface area contributed by atoms with E-state index in [2.05, 4.69) is 5.32 Å². The van der Waals surface area contributed by atoms with Crippen molar-refractivity contribution in [1.82, 2.24) is 5.32 Å². The number of ether oxygens (including phenoxy) is 4. The van der Waals surface area contributed by atoms with Crippen LogP contribution in [-0.4, -0.2) is 47.3 Å². The molecule has 3 aromatic carbocycles. The van der Waals surface area contributed by atoms with Gasteiger partial charge in [-0.3, -0.25) is 9.10 Å². The summed E-state index contributed by atoms with van der Waals surface area (Å²) in [6.45, 7) is 0.0970. The van der Waals surface area contributed by atoms with Gasteiger partial charge in [0.1, 0.15) is 11.3 Å². The Bertz CT molecular complexity index is 1470. The number of carbonyl (C=O) groups excluding carboxylic acids is 2. The average Bonchev–Trinajstić information content (AvgIpc) is 3.57. The zero-order chi connectivity index (χ0) is 26.0. The van der Waals surface area contributed by atoms with Crippen molar-refractivity contribution in [1.29, 1.82) is 0 Å². The summed E-state index contributed by atoms with van der Waals surface area (Å²) >= 11 is 0. The van der Waals surface area contributed by atoms with Crippen LogP contribution in [-0.2, 0) is 32.5 Å². The van der Waals surface area contributed by atoms with E-state index in [0.29, 0.717) is 30.2 Å². The maximum atomic E-state index is 13.4. The molecule has 2 aliphatic rings. The van der Waals surface area contributed by atoms with Crippen LogP contribution in [0.1, 0.15) is 21.5 Å². The van der Waals surface area contributed by atoms with Crippen molar-refractivity contribution < 1.29 is 37.0 Å². The van der Waals surface area contributed by atoms with Gasteiger partial charge in [-0.1, -0.05) is 24.3 Å². The van der Waals surface area contributed by atoms with Crippen LogP contribution in [0.3, 0.4) is 0 Å². The second-order valence-electron chi connectivity index (χ2n) is 8.36. The fourth-order valence-corrected chi connectivity index (χ4v) is 5.73. The first-order valence-electron chi connectivity index (χ1n) is 11.5. The van der Waals surface area contributed by atoms with Crippen LogP contribution < -0.4 is 23.8 Å². The third-order valence-corrected chi connectivity index (χ3v) is 7.89. The summed E-state index contributed by atoms with van der Waals surface area (Å²) in [4.78, 5) is 25.0. The SMILES string of the molecule is COc1ccc(S(=O)(=O)N2CCc3ccccc32)cc1C(=O)OCC(=O)NCc1ccc2c(c1)OCO2. The van der Waals surface area contributed by atoms with Crippen LogP contribution >= 0.6 is 0 Å². The van der Waals surface area contributed by atoms with E-state index in [1.807, 2.05) is 12.1 Å². The molecule has 0 saturated heterocycles. The van der Waals surface area contributed by atoms with E-state index < -0.39 is 28.5 Å². The molecule has 1 amide bonds. The number of hydrogen-bond acceptors (Lipinski definition) is 8. The Morgan fingerprint density at radius 3 is 2.68 bits per heavy atom. The molecule has 3 aromatic rings. The lowest BCUT2D eigenvalue weighted by Crippen LogP contribution is -2.30. The number of nitrogens with one attached hydrogen (secondary N) is 1. The Labute approximate surface area is 213 Å². The van der Waals surface area contributed by atoms with Gasteiger partial charge in [0.2, 0.25) is 6.79 Å². The van der Waals surface area contributed by atoms with Gasteiger partial charge in [0.05, 0.1) is 17.7 Å². The average molecular weight is 525 g/mol. The monoisotopic (exact) mass is 524 g/mol. The quantitative estimate of drug-likeness (QED) is 0.447. The van der Waals surface area contributed by atoms with Crippen molar-refractivity contribution in [2.24, 2.45) is 0 Å². The lowest BCUT2D eigenvalue weighted by molar-refractivity contribution is -0.124. The van der Waals surface area contributed by atoms with Crippen molar-refractivity contribution in [2.75, 3.05) is 31.4 Å². The molecule has 0 saturated carbocycles. The van der Waals surface area contributed by atoms with Crippen molar-refractivity contribution >= 4 is 27.6 Å². The van der Waals surface area contributed by atoms with E-state index in [1.54, 1.807) is 30.3 Å². The lowest BCUT2D eigenvalue weighted by atomic mass is 10.2. The van der Waals surface area contributed by atoms with Crippen LogP contribution in [0.5, 0.6) is 17.2 Å². The second-order valence-corrected chi connectivity index (χ2v) is 10.2. The first-order valence-corrected chi connectivity index (χ1v) is 12.9. The maximum absolute atomic E-state index is 13.4. The number of esters is 1. The molecule has 0 bridgehead atoms. The van der Waals surface area contributed by atoms with E-state index in [9.17, 15) is 18.0 Å². The fraction of sp³-hybridized carbons (Fsp3) is 0.231. The molecular formula is C26H24N2O8S. The summed E-state index contributed by atoms with van der Waals surface area (Å²) in [5.74, 6) is -0.0448. The number of nitrogens with zero attached hydrogens (tertiary/aromatic N) is 1. The summed E-state index contributed by atoms with van der Waals surface area (Å²) in [5.41, 5.74) is 2.24. The number of methoxy groups -OCH3 is 1. The van der Waals surface area contributed by atoms with Crippen LogP contribution in [0.4, 0.5) is 5.69 Å². The minimum atomic E-state index is -3.94. The van der Waals surface area contributed by atoms with Crippen LogP contribution in [0.2, 0.25) is 0 Å². The van der Waals surface area contributed by atoms with Crippen LogP contribution in [0.25, 0.3) is 0 Å². The van der Waals surface area contributed by atoms with Crippen molar-refractivity contribution in [3.05, 3.63) is 77.4 Å². The molecule has 0 fully saturated rings. The van der Waals surface area contributed by atoms with Crippen molar-refractivity contribution in [2.45, 2.75) is 17.9 Å². The van der Waals surface area contributed by atoms with Gasteiger partial charge in [-0.15, -0.1) is 0 Å². The summed E-state index contributed by atoms with van der Waals surface area (Å²) in [7, 11) is -2.58. The normalized spacial score (nSPS) is 13.7. The molecule has 1 N–H and O–H groups in total. The van der Waals surface area contributed by atoms with Gasteiger partial charge in [0, 0.05) is 13.1 Å². The van der Waals surface area contributed by atoms with Gasteiger partial charge >= 0.3 is 5.97 Å². The number of amides is 1. The number of anilines is 1. The highest BCUT2D eigenvalue weighted by Crippen LogP contribution is 2.34. The molecule has 37 heavy (non-hydrogen) atoms. The van der Waals surface area contributed by atoms with Gasteiger partial charge in [-0.25, -0.2) is 13.2 Å². The molecule has 192 valence electrons. The molecule has 10 nitrogen and oxygen atoms in total. The number of sulfonamides is 1. The molecule has 0 unspecified atom stereocenters. The smallest absolute Gasteiger partial charge is 0.342 e. The summed E-state index contributed by atoms with van der Waals surface area (Å²) in [5, 5.41) is 2.66. The Balaban J connectivity index is 1.25. The summed E-state index contributed by atoms with van der Waals surface area (Å²) in [6, 6.07) is 16.6. The Morgan fingerprint density at radius 2 is 1.84 bits per heavy atom. The van der Waals surface area contributed by atoms with E-state index >= 15 is 0 Å². The molecule has 5 rings (SSSR count). The maximum Gasteiger partial charge on any atom is 0.342 e.